The van der Waals surface area contributed by atoms with Crippen molar-refractivity contribution in [3.63, 3.8) is 0 Å². The van der Waals surface area contributed by atoms with Gasteiger partial charge in [-0.2, -0.15) is 0 Å². The quantitative estimate of drug-likeness (QED) is 0.422. The number of nitrogens with one attached hydrogen (secondary N) is 1. The lowest BCUT2D eigenvalue weighted by Gasteiger charge is -2.49. The summed E-state index contributed by atoms with van der Waals surface area (Å²) in [5.41, 5.74) is -0.153. The van der Waals surface area contributed by atoms with Crippen LogP contribution in [0.3, 0.4) is 0 Å². The normalized spacial score (nSPS) is 22.3. The van der Waals surface area contributed by atoms with Gasteiger partial charge >= 0.3 is 11.9 Å². The number of β-lactam (4-membered cyclic amide) rings is 1. The Labute approximate surface area is 162 Å². The largest absolute Gasteiger partial charge is 0.463 e. The average molecular weight is 396 g/mol. The van der Waals surface area contributed by atoms with Crippen molar-refractivity contribution in [1.82, 2.24) is 10.2 Å². The maximum atomic E-state index is 12.7. The van der Waals surface area contributed by atoms with Crippen LogP contribution in [0.25, 0.3) is 0 Å². The molecule has 0 bridgehead atoms. The Bertz CT molecular complexity index is 722. The van der Waals surface area contributed by atoms with Gasteiger partial charge in [0.25, 0.3) is 5.91 Å². The van der Waals surface area contributed by atoms with Crippen LogP contribution in [-0.2, 0) is 28.7 Å². The van der Waals surface area contributed by atoms with E-state index in [2.05, 4.69) is 5.32 Å². The summed E-state index contributed by atoms with van der Waals surface area (Å²) in [5.74, 6) is -1.50. The van der Waals surface area contributed by atoms with Crippen molar-refractivity contribution in [1.29, 1.82) is 0 Å². The highest BCUT2D eigenvalue weighted by molar-refractivity contribution is 8.00. The molecule has 0 aromatic rings. The predicted molar refractivity (Wildman–Crippen MR) is 99.3 cm³/mol. The monoisotopic (exact) mass is 396 g/mol. The fraction of sp³-hybridized carbons (Fsp3) is 0.556. The zero-order valence-electron chi connectivity index (χ0n) is 16.0. The van der Waals surface area contributed by atoms with Crippen molar-refractivity contribution < 1.29 is 28.7 Å². The number of esters is 2. The van der Waals surface area contributed by atoms with Crippen molar-refractivity contribution >= 4 is 35.5 Å². The van der Waals surface area contributed by atoms with Crippen LogP contribution in [0.4, 0.5) is 0 Å². The molecule has 2 amide bonds. The average Bonchev–Trinajstić information content (AvgIpc) is 2.55. The van der Waals surface area contributed by atoms with Crippen LogP contribution in [0.1, 0.15) is 34.6 Å². The van der Waals surface area contributed by atoms with Crippen LogP contribution < -0.4 is 5.32 Å². The van der Waals surface area contributed by atoms with Crippen molar-refractivity contribution in [3.05, 3.63) is 23.4 Å². The Kier molecular flexibility index (Phi) is 6.35. The number of rotatable bonds is 5. The number of carbonyl (C=O) groups is 4. The molecule has 2 rings (SSSR count). The minimum absolute atomic E-state index is 0.0980. The standard InChI is InChI=1S/C18H24N2O6S/c1-6-25-12(22)8-7-11-9-27-16-13(19-10(2)21)15(23)20(16)14(11)17(24)26-18(3,4)5/h7-8,13,16H,6,9H2,1-5H3,(H,19,21)/t13?,16-/m1/s1. The van der Waals surface area contributed by atoms with Crippen LogP contribution in [0.2, 0.25) is 0 Å². The van der Waals surface area contributed by atoms with Gasteiger partial charge in [-0.05, 0) is 39.3 Å². The maximum Gasteiger partial charge on any atom is 0.355 e. The fourth-order valence-corrected chi connectivity index (χ4v) is 3.98. The molecule has 148 valence electrons. The summed E-state index contributed by atoms with van der Waals surface area (Å²) in [6.07, 6.45) is 2.69. The molecule has 1 saturated heterocycles. The summed E-state index contributed by atoms with van der Waals surface area (Å²) in [6, 6.07) is -0.680. The first-order valence-electron chi connectivity index (χ1n) is 8.58. The van der Waals surface area contributed by atoms with E-state index >= 15 is 0 Å². The van der Waals surface area contributed by atoms with Gasteiger partial charge in [0.1, 0.15) is 22.7 Å². The zero-order chi connectivity index (χ0) is 20.4. The van der Waals surface area contributed by atoms with Crippen molar-refractivity contribution in [2.24, 2.45) is 0 Å². The summed E-state index contributed by atoms with van der Waals surface area (Å²) in [5, 5.41) is 2.21. The number of ether oxygens (including phenoxy) is 2. The predicted octanol–water partition coefficient (Wildman–Crippen LogP) is 1.12. The Morgan fingerprint density at radius 2 is 2.00 bits per heavy atom. The van der Waals surface area contributed by atoms with Crippen molar-refractivity contribution in [2.45, 2.75) is 51.6 Å². The second-order valence-electron chi connectivity index (χ2n) is 7.05. The first kappa shape index (κ1) is 21.0. The first-order chi connectivity index (χ1) is 12.5. The van der Waals surface area contributed by atoms with Gasteiger partial charge in [-0.25, -0.2) is 9.59 Å². The molecule has 8 nitrogen and oxygen atoms in total. The van der Waals surface area contributed by atoms with E-state index in [-0.39, 0.29) is 29.5 Å². The van der Waals surface area contributed by atoms with E-state index in [9.17, 15) is 19.2 Å². The SMILES string of the molecule is CCOC(=O)C=CC1=C(C(=O)OC(C)(C)C)N2C(=O)C(NC(C)=O)[C@H]2SC1. The van der Waals surface area contributed by atoms with Crippen LogP contribution in [-0.4, -0.2) is 58.0 Å². The van der Waals surface area contributed by atoms with Crippen LogP contribution in [0, 0.1) is 0 Å². The molecule has 9 heteroatoms. The molecule has 1 unspecified atom stereocenters. The lowest BCUT2D eigenvalue weighted by molar-refractivity contribution is -0.158. The number of amides is 2. The van der Waals surface area contributed by atoms with E-state index in [1.807, 2.05) is 0 Å². The fourth-order valence-electron chi connectivity index (χ4n) is 2.66. The topological polar surface area (TPSA) is 102 Å². The number of thioether (sulfide) groups is 1. The third kappa shape index (κ3) is 4.91. The van der Waals surface area contributed by atoms with Crippen LogP contribution in [0.5, 0.6) is 0 Å². The molecule has 1 fully saturated rings. The molecule has 0 aromatic carbocycles. The van der Waals surface area contributed by atoms with Gasteiger partial charge in [-0.15, -0.1) is 11.8 Å². The smallest absolute Gasteiger partial charge is 0.355 e. The Hall–Kier alpha value is -2.29. The second kappa shape index (κ2) is 8.16. The van der Waals surface area contributed by atoms with Gasteiger partial charge in [0.2, 0.25) is 5.91 Å². The van der Waals surface area contributed by atoms with E-state index in [1.54, 1.807) is 27.7 Å². The highest BCUT2D eigenvalue weighted by atomic mass is 32.2. The van der Waals surface area contributed by atoms with Gasteiger partial charge in [0, 0.05) is 18.8 Å². The lowest BCUT2D eigenvalue weighted by Crippen LogP contribution is -2.70. The number of allylic oxidation sites excluding steroid dienone is 1. The molecule has 0 spiro atoms. The molecular weight excluding hydrogens is 372 g/mol. The van der Waals surface area contributed by atoms with Gasteiger partial charge in [0.15, 0.2) is 0 Å². The Balaban J connectivity index is 2.35. The minimum atomic E-state index is -0.745. The number of fused-ring (bicyclic) bond motifs is 1. The molecule has 2 atom stereocenters. The Morgan fingerprint density at radius 3 is 2.56 bits per heavy atom. The highest BCUT2D eigenvalue weighted by Gasteiger charge is 2.54. The molecule has 0 radical (unpaired) electrons. The van der Waals surface area contributed by atoms with Crippen LogP contribution in [0.15, 0.2) is 23.4 Å². The number of hydrogen-bond acceptors (Lipinski definition) is 7. The summed E-state index contributed by atoms with van der Waals surface area (Å²) < 4.78 is 10.3. The summed E-state index contributed by atoms with van der Waals surface area (Å²) in [7, 11) is 0. The molecule has 0 saturated carbocycles. The van der Waals surface area contributed by atoms with E-state index in [4.69, 9.17) is 9.47 Å². The molecule has 2 aliphatic rings. The summed E-state index contributed by atoms with van der Waals surface area (Å²) in [4.78, 5) is 49.5. The summed E-state index contributed by atoms with van der Waals surface area (Å²) in [6.45, 7) is 8.45. The van der Waals surface area contributed by atoms with Gasteiger partial charge < -0.3 is 14.8 Å². The molecule has 27 heavy (non-hydrogen) atoms. The Morgan fingerprint density at radius 1 is 1.33 bits per heavy atom. The van der Waals surface area contributed by atoms with Gasteiger partial charge in [0.05, 0.1) is 6.61 Å². The zero-order valence-corrected chi connectivity index (χ0v) is 16.8. The number of carbonyl (C=O) groups excluding carboxylic acids is 4. The van der Waals surface area contributed by atoms with E-state index in [1.165, 1.54) is 35.7 Å². The first-order valence-corrected chi connectivity index (χ1v) is 9.63. The van der Waals surface area contributed by atoms with Crippen molar-refractivity contribution in [2.75, 3.05) is 12.4 Å². The summed E-state index contributed by atoms with van der Waals surface area (Å²) >= 11 is 1.40. The van der Waals surface area contributed by atoms with Gasteiger partial charge in [-0.3, -0.25) is 14.5 Å². The lowest BCUT2D eigenvalue weighted by atomic mass is 10.0. The highest BCUT2D eigenvalue weighted by Crippen LogP contribution is 2.41. The molecule has 0 aliphatic carbocycles. The van der Waals surface area contributed by atoms with Gasteiger partial charge in [-0.1, -0.05) is 0 Å². The molecule has 0 aromatic heterocycles. The minimum Gasteiger partial charge on any atom is -0.463 e. The van der Waals surface area contributed by atoms with E-state index in [0.29, 0.717) is 11.3 Å². The molecule has 2 heterocycles. The van der Waals surface area contributed by atoms with E-state index < -0.39 is 23.6 Å². The van der Waals surface area contributed by atoms with E-state index in [0.717, 1.165) is 0 Å². The second-order valence-corrected chi connectivity index (χ2v) is 8.15. The number of nitrogens with zero attached hydrogens (tertiary/aromatic N) is 1. The van der Waals surface area contributed by atoms with Crippen molar-refractivity contribution in [3.8, 4) is 0 Å². The third-order valence-corrected chi connectivity index (χ3v) is 4.96. The number of hydrogen-bond donors (Lipinski definition) is 1. The molecule has 1 N–H and O–H groups in total. The maximum absolute atomic E-state index is 12.7. The molecule has 2 aliphatic heterocycles. The van der Waals surface area contributed by atoms with Crippen LogP contribution >= 0.6 is 11.8 Å². The third-order valence-electron chi connectivity index (χ3n) is 3.66. The molecular formula is C18H24N2O6S.